The molecule has 1 fully saturated rings. The van der Waals surface area contributed by atoms with E-state index in [1.54, 1.807) is 0 Å². The molecule has 6 nitrogen and oxygen atoms in total. The van der Waals surface area contributed by atoms with Crippen LogP contribution in [0.2, 0.25) is 10.0 Å². The molecular weight excluding hydrogens is 442 g/mol. The number of sulfonamides is 1. The van der Waals surface area contributed by atoms with Crippen molar-refractivity contribution >= 4 is 33.2 Å². The molecule has 2 heterocycles. The van der Waals surface area contributed by atoms with Gasteiger partial charge in [-0.2, -0.15) is 22.5 Å². The first-order chi connectivity index (χ1) is 13.1. The van der Waals surface area contributed by atoms with Gasteiger partial charge in [0.05, 0.1) is 11.6 Å². The highest BCUT2D eigenvalue weighted by atomic mass is 35.5. The smallest absolute Gasteiger partial charge is 0.433 e. The zero-order chi connectivity index (χ0) is 20.5. The molecule has 28 heavy (non-hydrogen) atoms. The monoisotopic (exact) mass is 455 g/mol. The summed E-state index contributed by atoms with van der Waals surface area (Å²) in [6.07, 6.45) is -3.51. The average molecular weight is 456 g/mol. The molecule has 3 rings (SSSR count). The van der Waals surface area contributed by atoms with E-state index < -0.39 is 34.0 Å². The van der Waals surface area contributed by atoms with Crippen molar-refractivity contribution in [1.29, 1.82) is 0 Å². The zero-order valence-corrected chi connectivity index (χ0v) is 16.5. The molecule has 1 aliphatic rings. The quantitative estimate of drug-likeness (QED) is 0.695. The number of piperidine rings is 1. The molecule has 152 valence electrons. The summed E-state index contributed by atoms with van der Waals surface area (Å²) in [6, 6.07) is 4.37. The lowest BCUT2D eigenvalue weighted by molar-refractivity contribution is -0.141. The Morgan fingerprint density at radius 1 is 1.21 bits per heavy atom. The van der Waals surface area contributed by atoms with Crippen LogP contribution in [-0.4, -0.2) is 41.9 Å². The van der Waals surface area contributed by atoms with Gasteiger partial charge in [-0.3, -0.25) is 0 Å². The van der Waals surface area contributed by atoms with Gasteiger partial charge in [0.25, 0.3) is 0 Å². The van der Waals surface area contributed by atoms with E-state index in [0.29, 0.717) is 12.8 Å². The Bertz CT molecular complexity index is 973. The summed E-state index contributed by atoms with van der Waals surface area (Å²) in [5.41, 5.74) is -1.14. The third-order valence-electron chi connectivity index (χ3n) is 4.05. The van der Waals surface area contributed by atoms with Crippen molar-refractivity contribution in [2.45, 2.75) is 30.0 Å². The number of ether oxygens (including phenoxy) is 1. The molecule has 1 aliphatic heterocycles. The number of rotatable bonds is 4. The Hall–Kier alpha value is -1.62. The lowest BCUT2D eigenvalue weighted by Crippen LogP contribution is -2.44. The highest BCUT2D eigenvalue weighted by molar-refractivity contribution is 7.89. The number of alkyl halides is 3. The van der Waals surface area contributed by atoms with E-state index in [-0.39, 0.29) is 28.0 Å². The predicted molar refractivity (Wildman–Crippen MR) is 95.9 cm³/mol. The van der Waals surface area contributed by atoms with Crippen molar-refractivity contribution in [1.82, 2.24) is 14.3 Å². The minimum Gasteiger partial charge on any atom is -0.459 e. The second kappa shape index (κ2) is 8.02. The maximum atomic E-state index is 12.9. The lowest BCUT2D eigenvalue weighted by atomic mass is 10.1. The van der Waals surface area contributed by atoms with Gasteiger partial charge >= 0.3 is 12.2 Å². The Morgan fingerprint density at radius 2 is 1.96 bits per heavy atom. The summed E-state index contributed by atoms with van der Waals surface area (Å²) in [5, 5.41) is 0.235. The number of hydrogen-bond donors (Lipinski definition) is 0. The van der Waals surface area contributed by atoms with Crippen LogP contribution < -0.4 is 4.74 Å². The maximum absolute atomic E-state index is 12.9. The molecule has 0 saturated carbocycles. The van der Waals surface area contributed by atoms with Crippen LogP contribution in [0, 0.1) is 0 Å². The van der Waals surface area contributed by atoms with Gasteiger partial charge in [-0.15, -0.1) is 0 Å². The van der Waals surface area contributed by atoms with E-state index in [1.807, 2.05) is 0 Å². The molecule has 1 unspecified atom stereocenters. The van der Waals surface area contributed by atoms with Gasteiger partial charge < -0.3 is 4.74 Å². The molecule has 1 aromatic heterocycles. The summed E-state index contributed by atoms with van der Waals surface area (Å²) in [4.78, 5) is 6.88. The van der Waals surface area contributed by atoms with Crippen LogP contribution in [-0.2, 0) is 16.2 Å². The SMILES string of the molecule is O=S(=O)(c1cc(Cl)ccc1Cl)N1CCCC(Oc2nccc(C(F)(F)F)n2)C1. The number of aromatic nitrogens is 2. The Labute approximate surface area is 169 Å². The van der Waals surface area contributed by atoms with Crippen molar-refractivity contribution in [2.24, 2.45) is 0 Å². The highest BCUT2D eigenvalue weighted by Gasteiger charge is 2.35. The first-order valence-electron chi connectivity index (χ1n) is 8.09. The van der Waals surface area contributed by atoms with Crippen molar-refractivity contribution in [2.75, 3.05) is 13.1 Å². The van der Waals surface area contributed by atoms with Crippen LogP contribution in [0.4, 0.5) is 13.2 Å². The van der Waals surface area contributed by atoms with Crippen LogP contribution in [0.5, 0.6) is 6.01 Å². The van der Waals surface area contributed by atoms with Crippen molar-refractivity contribution in [3.63, 3.8) is 0 Å². The topological polar surface area (TPSA) is 72.4 Å². The van der Waals surface area contributed by atoms with Crippen LogP contribution in [0.3, 0.4) is 0 Å². The second-order valence-electron chi connectivity index (χ2n) is 6.04. The molecule has 0 bridgehead atoms. The van der Waals surface area contributed by atoms with Crippen LogP contribution in [0.25, 0.3) is 0 Å². The van der Waals surface area contributed by atoms with Gasteiger partial charge in [0, 0.05) is 17.8 Å². The Morgan fingerprint density at radius 3 is 2.68 bits per heavy atom. The fraction of sp³-hybridized carbons (Fsp3) is 0.375. The molecular formula is C16H14Cl2F3N3O3S. The lowest BCUT2D eigenvalue weighted by Gasteiger charge is -2.31. The first-order valence-corrected chi connectivity index (χ1v) is 10.3. The Balaban J connectivity index is 1.78. The van der Waals surface area contributed by atoms with E-state index in [1.165, 1.54) is 18.2 Å². The minimum atomic E-state index is -4.63. The fourth-order valence-electron chi connectivity index (χ4n) is 2.74. The molecule has 0 aliphatic carbocycles. The van der Waals surface area contributed by atoms with E-state index in [2.05, 4.69) is 9.97 Å². The summed E-state index contributed by atoms with van der Waals surface area (Å²) >= 11 is 11.9. The van der Waals surface area contributed by atoms with E-state index in [0.717, 1.165) is 16.6 Å². The predicted octanol–water partition coefficient (Wildman–Crippen LogP) is 4.03. The number of nitrogens with zero attached hydrogens (tertiary/aromatic N) is 3. The van der Waals surface area contributed by atoms with Gasteiger partial charge in [-0.1, -0.05) is 23.2 Å². The summed E-state index contributed by atoms with van der Waals surface area (Å²) in [7, 11) is -3.96. The van der Waals surface area contributed by atoms with Gasteiger partial charge in [0.15, 0.2) is 5.69 Å². The molecule has 0 N–H and O–H groups in total. The van der Waals surface area contributed by atoms with Gasteiger partial charge in [-0.05, 0) is 37.1 Å². The van der Waals surface area contributed by atoms with Crippen molar-refractivity contribution in [3.8, 4) is 6.01 Å². The number of halogens is 5. The van der Waals surface area contributed by atoms with Crippen molar-refractivity contribution < 1.29 is 26.3 Å². The van der Waals surface area contributed by atoms with E-state index >= 15 is 0 Å². The molecule has 1 atom stereocenters. The third kappa shape index (κ3) is 4.68. The molecule has 1 aromatic carbocycles. The van der Waals surface area contributed by atoms with Gasteiger partial charge in [0.1, 0.15) is 11.0 Å². The summed E-state index contributed by atoms with van der Waals surface area (Å²) < 4.78 is 70.7. The standard InChI is InChI=1S/C16H14Cl2F3N3O3S/c17-10-3-4-12(18)13(8-10)28(25,26)24-7-1-2-11(9-24)27-15-22-6-5-14(23-15)16(19,20)21/h3-6,8,11H,1-2,7,9H2. The van der Waals surface area contributed by atoms with Crippen LogP contribution in [0.15, 0.2) is 35.4 Å². The normalized spacial score (nSPS) is 18.8. The molecule has 0 radical (unpaired) electrons. The number of benzene rings is 1. The largest absolute Gasteiger partial charge is 0.459 e. The minimum absolute atomic E-state index is 0.0219. The molecule has 1 saturated heterocycles. The van der Waals surface area contributed by atoms with Crippen molar-refractivity contribution in [3.05, 3.63) is 46.2 Å². The molecule has 0 amide bonds. The van der Waals surface area contributed by atoms with E-state index in [4.69, 9.17) is 27.9 Å². The van der Waals surface area contributed by atoms with Gasteiger partial charge in [-0.25, -0.2) is 13.4 Å². The highest BCUT2D eigenvalue weighted by Crippen LogP contribution is 2.31. The number of hydrogen-bond acceptors (Lipinski definition) is 5. The molecule has 2 aromatic rings. The van der Waals surface area contributed by atoms with Crippen LogP contribution in [0.1, 0.15) is 18.5 Å². The van der Waals surface area contributed by atoms with E-state index in [9.17, 15) is 21.6 Å². The fourth-order valence-corrected chi connectivity index (χ4v) is 4.99. The third-order valence-corrected chi connectivity index (χ3v) is 6.63. The maximum Gasteiger partial charge on any atom is 0.433 e. The van der Waals surface area contributed by atoms with Crippen LogP contribution >= 0.6 is 23.2 Å². The summed E-state index contributed by atoms with van der Waals surface area (Å²) in [5.74, 6) is 0. The average Bonchev–Trinajstić information content (AvgIpc) is 2.63. The second-order valence-corrected chi connectivity index (χ2v) is 8.79. The zero-order valence-electron chi connectivity index (χ0n) is 14.2. The molecule has 0 spiro atoms. The first kappa shape index (κ1) is 21.1. The Kier molecular flexibility index (Phi) is 6.04. The summed E-state index contributed by atoms with van der Waals surface area (Å²) in [6.45, 7) is 0.138. The van der Waals surface area contributed by atoms with Gasteiger partial charge in [0.2, 0.25) is 10.0 Å². The molecule has 12 heteroatoms.